The van der Waals surface area contributed by atoms with Crippen molar-refractivity contribution in [2.75, 3.05) is 23.1 Å². The maximum Gasteiger partial charge on any atom is 0.143 e. The first-order chi connectivity index (χ1) is 16.4. The van der Waals surface area contributed by atoms with Gasteiger partial charge in [0.05, 0.1) is 19.0 Å². The molecular formula is C30H37N3O. The highest BCUT2D eigenvalue weighted by atomic mass is 16.5. The average molecular weight is 456 g/mol. The first kappa shape index (κ1) is 23.9. The Morgan fingerprint density at radius 1 is 0.794 bits per heavy atom. The zero-order chi connectivity index (χ0) is 24.2. The van der Waals surface area contributed by atoms with Gasteiger partial charge in [-0.1, -0.05) is 64.1 Å². The fourth-order valence-corrected chi connectivity index (χ4v) is 4.68. The molecule has 1 aromatic heterocycles. The summed E-state index contributed by atoms with van der Waals surface area (Å²) in [4.78, 5) is 9.29. The highest BCUT2D eigenvalue weighted by molar-refractivity contribution is 5.72. The summed E-state index contributed by atoms with van der Waals surface area (Å²) in [5.41, 5.74) is 8.87. The van der Waals surface area contributed by atoms with Gasteiger partial charge in [-0.2, -0.15) is 0 Å². The van der Waals surface area contributed by atoms with Crippen molar-refractivity contribution in [2.24, 2.45) is 0 Å². The van der Waals surface area contributed by atoms with Gasteiger partial charge < -0.3 is 14.5 Å². The maximum absolute atomic E-state index is 6.28. The van der Waals surface area contributed by atoms with Crippen molar-refractivity contribution in [3.05, 3.63) is 95.1 Å². The summed E-state index contributed by atoms with van der Waals surface area (Å²) >= 11 is 0. The van der Waals surface area contributed by atoms with Crippen molar-refractivity contribution in [3.63, 3.8) is 0 Å². The first-order valence-corrected chi connectivity index (χ1v) is 12.4. The van der Waals surface area contributed by atoms with Gasteiger partial charge in [0.15, 0.2) is 0 Å². The third-order valence-corrected chi connectivity index (χ3v) is 6.73. The van der Waals surface area contributed by atoms with Crippen molar-refractivity contribution >= 4 is 11.4 Å². The number of aromatic nitrogens is 1. The van der Waals surface area contributed by atoms with Gasteiger partial charge in [0, 0.05) is 35.4 Å². The number of benzene rings is 2. The minimum Gasteiger partial charge on any atom is -0.491 e. The van der Waals surface area contributed by atoms with E-state index in [1.54, 1.807) is 0 Å². The number of hydrogen-bond donors (Lipinski definition) is 0. The molecule has 1 aliphatic heterocycles. The lowest BCUT2D eigenvalue weighted by molar-refractivity contribution is 0.321. The number of allylic oxidation sites excluding steroid dienone is 2. The van der Waals surface area contributed by atoms with Gasteiger partial charge in [-0.15, -0.1) is 0 Å². The number of ether oxygens (including phenoxy) is 1. The summed E-state index contributed by atoms with van der Waals surface area (Å²) in [5, 5.41) is 0. The molecule has 4 nitrogen and oxygen atoms in total. The number of hydrogen-bond acceptors (Lipinski definition) is 4. The molecule has 1 aliphatic rings. The molecule has 3 aromatic rings. The number of para-hydroxylation sites is 3. The molecule has 0 amide bonds. The Labute approximate surface area is 204 Å². The quantitative estimate of drug-likeness (QED) is 0.352. The fourth-order valence-electron chi connectivity index (χ4n) is 4.68. The second kappa shape index (κ2) is 10.3. The van der Waals surface area contributed by atoms with Gasteiger partial charge in [0.25, 0.3) is 0 Å². The molecule has 0 saturated heterocycles. The number of anilines is 2. The predicted octanol–water partition coefficient (Wildman–Crippen LogP) is 7.49. The fraction of sp³-hybridized carbons (Fsp3) is 0.367. The average Bonchev–Trinajstić information content (AvgIpc) is 3.13. The smallest absolute Gasteiger partial charge is 0.143 e. The Hall–Kier alpha value is -3.27. The Bertz CT molecular complexity index is 1120. The maximum atomic E-state index is 6.28. The molecule has 0 atom stereocenters. The van der Waals surface area contributed by atoms with Crippen LogP contribution in [0.15, 0.2) is 78.3 Å². The normalized spacial score (nSPS) is 14.0. The molecule has 0 radical (unpaired) electrons. The number of nitrogens with zero attached hydrogens (tertiary/aromatic N) is 3. The van der Waals surface area contributed by atoms with Crippen LogP contribution in [-0.2, 0) is 6.42 Å². The summed E-state index contributed by atoms with van der Waals surface area (Å²) in [6.45, 7) is 15.0. The largest absolute Gasteiger partial charge is 0.491 e. The van der Waals surface area contributed by atoms with Crippen molar-refractivity contribution in [1.29, 1.82) is 0 Å². The molecule has 0 fully saturated rings. The van der Waals surface area contributed by atoms with Crippen molar-refractivity contribution in [1.82, 2.24) is 4.98 Å². The third kappa shape index (κ3) is 4.82. The molecule has 4 heteroatoms. The van der Waals surface area contributed by atoms with E-state index in [1.807, 2.05) is 30.5 Å². The Balaban J connectivity index is 1.62. The van der Waals surface area contributed by atoms with Crippen molar-refractivity contribution in [3.8, 4) is 5.75 Å². The highest BCUT2D eigenvalue weighted by Gasteiger charge is 2.30. The van der Waals surface area contributed by atoms with E-state index in [9.17, 15) is 0 Å². The van der Waals surface area contributed by atoms with Gasteiger partial charge in [-0.25, -0.2) is 0 Å². The summed E-state index contributed by atoms with van der Waals surface area (Å²) in [6.07, 6.45) is 2.62. The first-order valence-electron chi connectivity index (χ1n) is 12.4. The van der Waals surface area contributed by atoms with E-state index in [2.05, 4.69) is 92.7 Å². The van der Waals surface area contributed by atoms with Crippen LogP contribution in [0.25, 0.3) is 0 Å². The molecule has 4 rings (SSSR count). The van der Waals surface area contributed by atoms with Crippen LogP contribution in [-0.4, -0.2) is 18.3 Å². The van der Waals surface area contributed by atoms with E-state index in [0.29, 0.717) is 18.4 Å². The minimum atomic E-state index is 0.457. The van der Waals surface area contributed by atoms with Gasteiger partial charge in [-0.3, -0.25) is 4.98 Å². The zero-order valence-electron chi connectivity index (χ0n) is 21.4. The van der Waals surface area contributed by atoms with Gasteiger partial charge in [-0.05, 0) is 61.1 Å². The van der Waals surface area contributed by atoms with Crippen LogP contribution in [0, 0.1) is 0 Å². The number of pyridine rings is 1. The topological polar surface area (TPSA) is 28.6 Å². The van der Waals surface area contributed by atoms with E-state index in [4.69, 9.17) is 4.74 Å². The second-order valence-corrected chi connectivity index (χ2v) is 9.65. The zero-order valence-corrected chi connectivity index (χ0v) is 21.4. The summed E-state index contributed by atoms with van der Waals surface area (Å²) in [7, 11) is 0. The Morgan fingerprint density at radius 2 is 1.44 bits per heavy atom. The molecule has 2 aromatic carbocycles. The van der Waals surface area contributed by atoms with Crippen LogP contribution < -0.4 is 14.5 Å². The molecular weight excluding hydrogens is 418 g/mol. The second-order valence-electron chi connectivity index (χ2n) is 9.65. The Kier molecular flexibility index (Phi) is 7.26. The van der Waals surface area contributed by atoms with E-state index in [0.717, 1.165) is 30.2 Å². The monoisotopic (exact) mass is 455 g/mol. The predicted molar refractivity (Wildman–Crippen MR) is 143 cm³/mol. The molecule has 0 saturated carbocycles. The van der Waals surface area contributed by atoms with E-state index in [1.165, 1.54) is 28.2 Å². The SMILES string of the molecule is CC1=C(C)N(c2c(C(C)C)cccc2C(C)C)CN1c1ccccc1OCCc1ccccn1. The summed E-state index contributed by atoms with van der Waals surface area (Å²) in [5.74, 6) is 1.82. The molecule has 0 N–H and O–H groups in total. The van der Waals surface area contributed by atoms with Crippen LogP contribution in [0.1, 0.15) is 70.2 Å². The standard InChI is InChI=1S/C30H37N3O/c1-21(2)26-13-11-14-27(22(3)4)30(26)33-20-32(23(5)24(33)6)28-15-7-8-16-29(28)34-19-17-25-12-9-10-18-31-25/h7-16,18,21-22H,17,19-20H2,1-6H3. The lowest BCUT2D eigenvalue weighted by Crippen LogP contribution is -2.29. The molecule has 0 unspecified atom stereocenters. The van der Waals surface area contributed by atoms with E-state index < -0.39 is 0 Å². The lowest BCUT2D eigenvalue weighted by atomic mass is 9.92. The van der Waals surface area contributed by atoms with E-state index >= 15 is 0 Å². The Morgan fingerprint density at radius 3 is 2.09 bits per heavy atom. The van der Waals surface area contributed by atoms with Crippen LogP contribution >= 0.6 is 0 Å². The van der Waals surface area contributed by atoms with Crippen molar-refractivity contribution in [2.45, 2.75) is 59.8 Å². The molecule has 2 heterocycles. The third-order valence-electron chi connectivity index (χ3n) is 6.73. The molecule has 0 spiro atoms. The van der Waals surface area contributed by atoms with Crippen LogP contribution in [0.3, 0.4) is 0 Å². The molecule has 0 aliphatic carbocycles. The van der Waals surface area contributed by atoms with Crippen molar-refractivity contribution < 1.29 is 4.74 Å². The molecule has 178 valence electrons. The van der Waals surface area contributed by atoms with Gasteiger partial charge in [0.1, 0.15) is 5.75 Å². The van der Waals surface area contributed by atoms with Crippen LogP contribution in [0.2, 0.25) is 0 Å². The molecule has 0 bridgehead atoms. The summed E-state index contributed by atoms with van der Waals surface area (Å²) < 4.78 is 6.28. The molecule has 34 heavy (non-hydrogen) atoms. The van der Waals surface area contributed by atoms with Gasteiger partial charge >= 0.3 is 0 Å². The van der Waals surface area contributed by atoms with Gasteiger partial charge in [0.2, 0.25) is 0 Å². The lowest BCUT2D eigenvalue weighted by Gasteiger charge is -2.30. The summed E-state index contributed by atoms with van der Waals surface area (Å²) in [6, 6.07) is 21.1. The van der Waals surface area contributed by atoms with Crippen LogP contribution in [0.4, 0.5) is 11.4 Å². The number of rotatable bonds is 8. The van der Waals surface area contributed by atoms with E-state index in [-0.39, 0.29) is 0 Å². The highest BCUT2D eigenvalue weighted by Crippen LogP contribution is 2.42. The minimum absolute atomic E-state index is 0.457. The van der Waals surface area contributed by atoms with Crippen LogP contribution in [0.5, 0.6) is 5.75 Å².